The van der Waals surface area contributed by atoms with E-state index in [1.165, 1.54) is 6.07 Å². The Bertz CT molecular complexity index is 619. The molecular formula is C13H12ClFIN3. The Kier molecular flexibility index (Phi) is 4.57. The monoisotopic (exact) mass is 391 g/mol. The van der Waals surface area contributed by atoms with E-state index in [1.54, 1.807) is 19.2 Å². The van der Waals surface area contributed by atoms with Gasteiger partial charge >= 0.3 is 0 Å². The molecule has 6 heteroatoms. The predicted molar refractivity (Wildman–Crippen MR) is 83.2 cm³/mol. The molecule has 3 nitrogen and oxygen atoms in total. The summed E-state index contributed by atoms with van der Waals surface area (Å²) in [4.78, 5) is 8.76. The van der Waals surface area contributed by atoms with Gasteiger partial charge in [0.15, 0.2) is 0 Å². The van der Waals surface area contributed by atoms with E-state index in [-0.39, 0.29) is 5.02 Å². The minimum atomic E-state index is -0.407. The highest BCUT2D eigenvalue weighted by Gasteiger charge is 2.12. The molecule has 0 aliphatic carbocycles. The van der Waals surface area contributed by atoms with E-state index >= 15 is 0 Å². The molecule has 19 heavy (non-hydrogen) atoms. The van der Waals surface area contributed by atoms with Gasteiger partial charge in [0.2, 0.25) is 0 Å². The van der Waals surface area contributed by atoms with Gasteiger partial charge in [-0.2, -0.15) is 0 Å². The predicted octanol–water partition coefficient (Wildman–Crippen LogP) is 3.81. The summed E-state index contributed by atoms with van der Waals surface area (Å²) < 4.78 is 14.8. The molecule has 0 saturated heterocycles. The van der Waals surface area contributed by atoms with E-state index in [0.717, 1.165) is 15.1 Å². The molecule has 1 heterocycles. The van der Waals surface area contributed by atoms with Crippen LogP contribution in [0.4, 0.5) is 10.2 Å². The fourth-order valence-electron chi connectivity index (χ4n) is 1.72. The Morgan fingerprint density at radius 3 is 2.79 bits per heavy atom. The van der Waals surface area contributed by atoms with Crippen molar-refractivity contribution in [2.45, 2.75) is 13.3 Å². The minimum Gasteiger partial charge on any atom is -0.372 e. The van der Waals surface area contributed by atoms with Crippen molar-refractivity contribution in [3.8, 4) is 0 Å². The normalized spacial score (nSPS) is 10.6. The number of benzene rings is 1. The highest BCUT2D eigenvalue weighted by Crippen LogP contribution is 2.22. The first-order valence-electron chi connectivity index (χ1n) is 5.66. The molecule has 0 saturated carbocycles. The van der Waals surface area contributed by atoms with Crippen LogP contribution in [0.2, 0.25) is 5.02 Å². The van der Waals surface area contributed by atoms with Crippen molar-refractivity contribution in [1.82, 2.24) is 9.97 Å². The second kappa shape index (κ2) is 6.00. The fraction of sp³-hybridized carbons (Fsp3) is 0.231. The van der Waals surface area contributed by atoms with E-state index < -0.39 is 5.82 Å². The molecule has 100 valence electrons. The van der Waals surface area contributed by atoms with Gasteiger partial charge in [-0.15, -0.1) is 0 Å². The lowest BCUT2D eigenvalue weighted by molar-refractivity contribution is 0.612. The highest BCUT2D eigenvalue weighted by molar-refractivity contribution is 14.1. The third-order valence-corrected chi connectivity index (χ3v) is 4.26. The summed E-state index contributed by atoms with van der Waals surface area (Å²) >= 11 is 7.95. The number of nitrogens with one attached hydrogen (secondary N) is 1. The molecule has 1 aromatic carbocycles. The Balaban J connectivity index is 2.38. The lowest BCUT2D eigenvalue weighted by Crippen LogP contribution is -2.06. The molecule has 2 rings (SSSR count). The maximum atomic E-state index is 13.8. The molecule has 2 aromatic rings. The molecule has 0 fully saturated rings. The number of aryl methyl sites for hydroxylation is 1. The average Bonchev–Trinajstić information content (AvgIpc) is 2.39. The van der Waals surface area contributed by atoms with Crippen LogP contribution in [-0.4, -0.2) is 17.0 Å². The molecule has 0 aliphatic heterocycles. The number of nitrogens with zero attached hydrogens (tertiary/aromatic N) is 2. The summed E-state index contributed by atoms with van der Waals surface area (Å²) in [7, 11) is 1.80. The van der Waals surface area contributed by atoms with Crippen LogP contribution in [0.3, 0.4) is 0 Å². The Morgan fingerprint density at radius 1 is 1.37 bits per heavy atom. The molecule has 0 unspecified atom stereocenters. The SMILES string of the molecule is CNc1nc(Cc2cccc(Cl)c2F)nc(C)c1I. The first-order valence-corrected chi connectivity index (χ1v) is 7.12. The lowest BCUT2D eigenvalue weighted by atomic mass is 10.1. The quantitative estimate of drug-likeness (QED) is 0.809. The largest absolute Gasteiger partial charge is 0.372 e. The van der Waals surface area contributed by atoms with Crippen molar-refractivity contribution in [1.29, 1.82) is 0 Å². The van der Waals surface area contributed by atoms with Crippen molar-refractivity contribution >= 4 is 40.0 Å². The first kappa shape index (κ1) is 14.5. The maximum absolute atomic E-state index is 13.8. The Labute approximate surface area is 129 Å². The maximum Gasteiger partial charge on any atom is 0.145 e. The molecule has 1 aromatic heterocycles. The zero-order valence-electron chi connectivity index (χ0n) is 10.5. The number of anilines is 1. The van der Waals surface area contributed by atoms with Crippen LogP contribution in [0.25, 0.3) is 0 Å². The van der Waals surface area contributed by atoms with Gasteiger partial charge in [-0.05, 0) is 41.1 Å². The lowest BCUT2D eigenvalue weighted by Gasteiger charge is -2.09. The summed E-state index contributed by atoms with van der Waals surface area (Å²) in [5.41, 5.74) is 1.37. The third-order valence-electron chi connectivity index (χ3n) is 2.68. The van der Waals surface area contributed by atoms with E-state index in [4.69, 9.17) is 11.6 Å². The smallest absolute Gasteiger partial charge is 0.145 e. The van der Waals surface area contributed by atoms with Crippen molar-refractivity contribution in [3.05, 3.63) is 49.7 Å². The summed E-state index contributed by atoms with van der Waals surface area (Å²) in [6, 6.07) is 4.94. The summed E-state index contributed by atoms with van der Waals surface area (Å²) in [6.45, 7) is 1.90. The van der Waals surface area contributed by atoms with E-state index in [9.17, 15) is 4.39 Å². The molecule has 0 atom stereocenters. The molecule has 0 spiro atoms. The van der Waals surface area contributed by atoms with Gasteiger partial charge in [-0.1, -0.05) is 23.7 Å². The number of aromatic nitrogens is 2. The van der Waals surface area contributed by atoms with Crippen molar-refractivity contribution in [2.24, 2.45) is 0 Å². The van der Waals surface area contributed by atoms with Crippen LogP contribution in [0.1, 0.15) is 17.1 Å². The van der Waals surface area contributed by atoms with Crippen LogP contribution < -0.4 is 5.32 Å². The van der Waals surface area contributed by atoms with E-state index in [1.807, 2.05) is 6.92 Å². The van der Waals surface area contributed by atoms with Crippen molar-refractivity contribution in [3.63, 3.8) is 0 Å². The summed E-state index contributed by atoms with van der Waals surface area (Å²) in [5.74, 6) is 0.920. The Hall–Kier alpha value is -0.950. The van der Waals surface area contributed by atoms with Crippen LogP contribution in [0.5, 0.6) is 0 Å². The van der Waals surface area contributed by atoms with Gasteiger partial charge in [0.1, 0.15) is 17.5 Å². The number of rotatable bonds is 3. The zero-order valence-corrected chi connectivity index (χ0v) is 13.4. The Morgan fingerprint density at radius 2 is 2.11 bits per heavy atom. The molecule has 0 aliphatic rings. The van der Waals surface area contributed by atoms with Gasteiger partial charge in [0.25, 0.3) is 0 Å². The van der Waals surface area contributed by atoms with Crippen molar-refractivity contribution < 1.29 is 4.39 Å². The topological polar surface area (TPSA) is 37.8 Å². The number of hydrogen-bond acceptors (Lipinski definition) is 3. The highest BCUT2D eigenvalue weighted by atomic mass is 127. The van der Waals surface area contributed by atoms with Crippen LogP contribution in [-0.2, 0) is 6.42 Å². The molecular weight excluding hydrogens is 380 g/mol. The van der Waals surface area contributed by atoms with Gasteiger partial charge < -0.3 is 5.32 Å². The van der Waals surface area contributed by atoms with Gasteiger partial charge in [-0.3, -0.25) is 0 Å². The summed E-state index contributed by atoms with van der Waals surface area (Å²) in [5, 5.41) is 3.13. The first-order chi connectivity index (χ1) is 9.02. The average molecular weight is 392 g/mol. The molecule has 0 bridgehead atoms. The van der Waals surface area contributed by atoms with Gasteiger partial charge in [0.05, 0.1) is 14.3 Å². The van der Waals surface area contributed by atoms with E-state index in [2.05, 4.69) is 37.9 Å². The number of halogens is 3. The van der Waals surface area contributed by atoms with Crippen LogP contribution >= 0.6 is 34.2 Å². The molecule has 0 radical (unpaired) electrons. The van der Waals surface area contributed by atoms with Gasteiger partial charge in [-0.25, -0.2) is 14.4 Å². The van der Waals surface area contributed by atoms with E-state index in [0.29, 0.717) is 17.8 Å². The zero-order chi connectivity index (χ0) is 14.0. The molecule has 0 amide bonds. The van der Waals surface area contributed by atoms with Gasteiger partial charge in [0, 0.05) is 13.5 Å². The minimum absolute atomic E-state index is 0.119. The second-order valence-corrected chi connectivity index (χ2v) is 5.51. The van der Waals surface area contributed by atoms with Crippen molar-refractivity contribution in [2.75, 3.05) is 12.4 Å². The number of hydrogen-bond donors (Lipinski definition) is 1. The second-order valence-electron chi connectivity index (χ2n) is 4.03. The van der Waals surface area contributed by atoms with Crippen LogP contribution in [0, 0.1) is 16.3 Å². The summed E-state index contributed by atoms with van der Waals surface area (Å²) in [6.07, 6.45) is 0.318. The standard InChI is InChI=1S/C13H12ClFIN3/c1-7-12(16)13(17-2)19-10(18-7)6-8-4-3-5-9(14)11(8)15/h3-5H,6H2,1-2H3,(H,17,18,19). The third kappa shape index (κ3) is 3.14. The van der Waals surface area contributed by atoms with Crippen LogP contribution in [0.15, 0.2) is 18.2 Å². The molecule has 1 N–H and O–H groups in total. The fourth-order valence-corrected chi connectivity index (χ4v) is 2.42.